The van der Waals surface area contributed by atoms with Gasteiger partial charge in [-0.3, -0.25) is 4.79 Å². The maximum absolute atomic E-state index is 12.1. The predicted molar refractivity (Wildman–Crippen MR) is 68.4 cm³/mol. The van der Waals surface area contributed by atoms with E-state index in [0.29, 0.717) is 12.0 Å². The summed E-state index contributed by atoms with van der Waals surface area (Å²) in [6.07, 6.45) is 2.58. The van der Waals surface area contributed by atoms with Crippen LogP contribution < -0.4 is 0 Å². The first kappa shape index (κ1) is 10.3. The van der Waals surface area contributed by atoms with Gasteiger partial charge in [0.1, 0.15) is 5.75 Å². The zero-order chi connectivity index (χ0) is 11.8. The molecule has 2 nitrogen and oxygen atoms in total. The molecule has 0 aliphatic heterocycles. The number of carbonyl (C=O) groups excluding carboxylic acids is 1. The Hall–Kier alpha value is -1.87. The maximum atomic E-state index is 12.1. The van der Waals surface area contributed by atoms with E-state index in [9.17, 15) is 9.90 Å². The normalized spacial score (nSPS) is 16.5. The zero-order valence-corrected chi connectivity index (χ0v) is 9.83. The van der Waals surface area contributed by atoms with E-state index >= 15 is 0 Å². The van der Waals surface area contributed by atoms with E-state index in [1.807, 2.05) is 29.0 Å². The molecule has 1 aromatic carbocycles. The van der Waals surface area contributed by atoms with Crippen LogP contribution in [-0.4, -0.2) is 10.9 Å². The van der Waals surface area contributed by atoms with Gasteiger partial charge in [-0.05, 0) is 46.2 Å². The van der Waals surface area contributed by atoms with Crippen molar-refractivity contribution in [3.63, 3.8) is 0 Å². The summed E-state index contributed by atoms with van der Waals surface area (Å²) in [4.78, 5) is 12.1. The Balaban J connectivity index is 2.02. The number of Topliss-reactive ketones (excluding diaryl/α,β-unsaturated/α-hetero) is 1. The lowest BCUT2D eigenvalue weighted by molar-refractivity contribution is 0.104. The number of ketones is 1. The Morgan fingerprint density at radius 2 is 2.18 bits per heavy atom. The molecule has 1 N–H and O–H groups in total. The van der Waals surface area contributed by atoms with Gasteiger partial charge in [0.05, 0.1) is 0 Å². The molecule has 1 aliphatic rings. The number of hydrogen-bond acceptors (Lipinski definition) is 3. The van der Waals surface area contributed by atoms with E-state index in [4.69, 9.17) is 0 Å². The van der Waals surface area contributed by atoms with E-state index in [0.717, 1.165) is 16.7 Å². The van der Waals surface area contributed by atoms with E-state index < -0.39 is 0 Å². The summed E-state index contributed by atoms with van der Waals surface area (Å²) in [5.74, 6) is 0.177. The lowest BCUT2D eigenvalue weighted by atomic mass is 10.1. The second-order valence-corrected chi connectivity index (χ2v) is 4.85. The molecule has 1 aromatic heterocycles. The van der Waals surface area contributed by atoms with Gasteiger partial charge >= 0.3 is 0 Å². The smallest absolute Gasteiger partial charge is 0.189 e. The number of phenols is 1. The number of carbonyl (C=O) groups is 1. The third kappa shape index (κ3) is 1.78. The minimum atomic E-state index is 0.0297. The van der Waals surface area contributed by atoms with Crippen molar-refractivity contribution in [2.45, 2.75) is 6.42 Å². The van der Waals surface area contributed by atoms with Crippen LogP contribution in [0.25, 0.3) is 6.08 Å². The Labute approximate surface area is 103 Å². The molecule has 0 bridgehead atoms. The number of allylic oxidation sites excluding steroid dienone is 1. The van der Waals surface area contributed by atoms with E-state index in [1.54, 1.807) is 23.5 Å². The summed E-state index contributed by atoms with van der Waals surface area (Å²) in [5.41, 5.74) is 3.49. The van der Waals surface area contributed by atoms with Gasteiger partial charge in [-0.1, -0.05) is 6.07 Å². The van der Waals surface area contributed by atoms with Crippen LogP contribution in [0.4, 0.5) is 0 Å². The summed E-state index contributed by atoms with van der Waals surface area (Å²) in [6.45, 7) is 0. The zero-order valence-electron chi connectivity index (χ0n) is 9.01. The second-order valence-electron chi connectivity index (χ2n) is 4.07. The molecule has 1 heterocycles. The van der Waals surface area contributed by atoms with Crippen LogP contribution in [0.3, 0.4) is 0 Å². The quantitative estimate of drug-likeness (QED) is 0.779. The van der Waals surface area contributed by atoms with Crippen LogP contribution >= 0.6 is 11.3 Å². The topological polar surface area (TPSA) is 37.3 Å². The molecular weight excluding hydrogens is 232 g/mol. The fraction of sp³-hybridized carbons (Fsp3) is 0.0714. The molecule has 17 heavy (non-hydrogen) atoms. The number of thiophene rings is 1. The third-order valence-electron chi connectivity index (χ3n) is 2.89. The monoisotopic (exact) mass is 242 g/mol. The molecule has 84 valence electrons. The first-order valence-corrected chi connectivity index (χ1v) is 6.28. The number of rotatable bonds is 1. The first-order valence-electron chi connectivity index (χ1n) is 5.33. The average Bonchev–Trinajstić information content (AvgIpc) is 2.91. The lowest BCUT2D eigenvalue weighted by Gasteiger charge is -1.95. The van der Waals surface area contributed by atoms with Crippen molar-refractivity contribution in [1.29, 1.82) is 0 Å². The highest BCUT2D eigenvalue weighted by atomic mass is 32.1. The minimum Gasteiger partial charge on any atom is -0.508 e. The molecule has 0 atom stereocenters. The molecule has 2 aromatic rings. The van der Waals surface area contributed by atoms with Crippen LogP contribution in [0.2, 0.25) is 0 Å². The van der Waals surface area contributed by atoms with Crippen LogP contribution in [0, 0.1) is 0 Å². The van der Waals surface area contributed by atoms with E-state index in [2.05, 4.69) is 0 Å². The van der Waals surface area contributed by atoms with Gasteiger partial charge in [0, 0.05) is 17.6 Å². The number of phenolic OH excluding ortho intramolecular Hbond substituents is 1. The Morgan fingerprint density at radius 3 is 2.94 bits per heavy atom. The standard InChI is InChI=1S/C14H10O2S/c15-12-2-1-10-6-11(14(16)13(10)7-12)5-9-3-4-17-8-9/h1-5,7-8,15H,6H2/b11-5+. The van der Waals surface area contributed by atoms with Crippen LogP contribution in [-0.2, 0) is 6.42 Å². The Kier molecular flexibility index (Phi) is 2.34. The number of fused-ring (bicyclic) bond motifs is 1. The van der Waals surface area contributed by atoms with Gasteiger partial charge in [-0.25, -0.2) is 0 Å². The Morgan fingerprint density at radius 1 is 1.29 bits per heavy atom. The molecule has 3 rings (SSSR count). The lowest BCUT2D eigenvalue weighted by Crippen LogP contribution is -1.94. The molecule has 0 unspecified atom stereocenters. The molecule has 0 radical (unpaired) electrons. The molecule has 3 heteroatoms. The van der Waals surface area contributed by atoms with Crippen molar-refractivity contribution in [2.75, 3.05) is 0 Å². The third-order valence-corrected chi connectivity index (χ3v) is 3.60. The molecule has 0 saturated carbocycles. The molecule has 1 aliphatic carbocycles. The predicted octanol–water partition coefficient (Wildman–Crippen LogP) is 3.28. The minimum absolute atomic E-state index is 0.0297. The number of aromatic hydroxyl groups is 1. The fourth-order valence-corrected chi connectivity index (χ4v) is 2.68. The van der Waals surface area contributed by atoms with Crippen molar-refractivity contribution in [1.82, 2.24) is 0 Å². The van der Waals surface area contributed by atoms with Crippen molar-refractivity contribution < 1.29 is 9.90 Å². The highest BCUT2D eigenvalue weighted by molar-refractivity contribution is 7.08. The highest BCUT2D eigenvalue weighted by Gasteiger charge is 2.24. The number of hydrogen-bond donors (Lipinski definition) is 1. The van der Waals surface area contributed by atoms with Crippen molar-refractivity contribution in [3.8, 4) is 5.75 Å². The van der Waals surface area contributed by atoms with Crippen molar-refractivity contribution in [2.24, 2.45) is 0 Å². The van der Waals surface area contributed by atoms with Gasteiger partial charge in [-0.2, -0.15) is 11.3 Å². The average molecular weight is 242 g/mol. The molecule has 0 fully saturated rings. The largest absolute Gasteiger partial charge is 0.508 e. The summed E-state index contributed by atoms with van der Waals surface area (Å²) < 4.78 is 0. The molecular formula is C14H10O2S. The maximum Gasteiger partial charge on any atom is 0.189 e. The highest BCUT2D eigenvalue weighted by Crippen LogP contribution is 2.30. The Bertz CT molecular complexity index is 609. The van der Waals surface area contributed by atoms with Gasteiger partial charge in [0.25, 0.3) is 0 Å². The van der Waals surface area contributed by atoms with Gasteiger partial charge < -0.3 is 5.11 Å². The van der Waals surface area contributed by atoms with Crippen LogP contribution in [0.5, 0.6) is 5.75 Å². The van der Waals surface area contributed by atoms with Crippen LogP contribution in [0.1, 0.15) is 21.5 Å². The summed E-state index contributed by atoms with van der Waals surface area (Å²) in [6, 6.07) is 6.98. The SMILES string of the molecule is O=C1/C(=C/c2ccsc2)Cc2ccc(O)cc21. The summed E-state index contributed by atoms with van der Waals surface area (Å²) >= 11 is 1.61. The van der Waals surface area contributed by atoms with Gasteiger partial charge in [0.2, 0.25) is 0 Å². The molecule has 0 spiro atoms. The van der Waals surface area contributed by atoms with Gasteiger partial charge in [0.15, 0.2) is 5.78 Å². The molecule has 0 saturated heterocycles. The summed E-state index contributed by atoms with van der Waals surface area (Å²) in [7, 11) is 0. The van der Waals surface area contributed by atoms with Crippen molar-refractivity contribution in [3.05, 3.63) is 57.3 Å². The van der Waals surface area contributed by atoms with Crippen LogP contribution in [0.15, 0.2) is 40.6 Å². The van der Waals surface area contributed by atoms with Crippen molar-refractivity contribution >= 4 is 23.2 Å². The summed E-state index contributed by atoms with van der Waals surface area (Å²) in [5, 5.41) is 13.4. The van der Waals surface area contributed by atoms with Gasteiger partial charge in [-0.15, -0.1) is 0 Å². The molecule has 0 amide bonds. The van der Waals surface area contributed by atoms with E-state index in [1.165, 1.54) is 0 Å². The fourth-order valence-electron chi connectivity index (χ4n) is 2.06. The number of benzene rings is 1. The first-order chi connectivity index (χ1) is 8.24. The second kappa shape index (κ2) is 3.86. The van der Waals surface area contributed by atoms with E-state index in [-0.39, 0.29) is 11.5 Å².